The molecule has 0 radical (unpaired) electrons. The van der Waals surface area contributed by atoms with E-state index in [1.165, 1.54) is 0 Å². The number of thioether (sulfide) groups is 1. The van der Waals surface area contributed by atoms with Crippen LogP contribution >= 0.6 is 11.8 Å². The van der Waals surface area contributed by atoms with Gasteiger partial charge < -0.3 is 20.1 Å². The van der Waals surface area contributed by atoms with Crippen molar-refractivity contribution in [2.75, 3.05) is 31.6 Å². The minimum atomic E-state index is -0.512. The summed E-state index contributed by atoms with van der Waals surface area (Å²) in [6, 6.07) is -0.0469. The summed E-state index contributed by atoms with van der Waals surface area (Å²) in [5, 5.41) is 13.2. The monoisotopic (exact) mass is 290 g/mol. The molecule has 0 bridgehead atoms. The minimum absolute atomic E-state index is 0.0469. The molecule has 0 aromatic heterocycles. The van der Waals surface area contributed by atoms with Gasteiger partial charge in [-0.05, 0) is 45.7 Å². The Labute approximate surface area is 120 Å². The lowest BCUT2D eigenvalue weighted by atomic mass is 10.2. The number of carbonyl (C=O) groups excluding carboxylic acids is 1. The highest BCUT2D eigenvalue weighted by Gasteiger charge is 2.35. The molecule has 0 aliphatic carbocycles. The van der Waals surface area contributed by atoms with Crippen molar-refractivity contribution in [3.05, 3.63) is 0 Å². The number of rotatable bonds is 5. The summed E-state index contributed by atoms with van der Waals surface area (Å²) in [6.07, 6.45) is 2.28. The average Bonchev–Trinajstić information content (AvgIpc) is 2.64. The molecule has 6 heteroatoms. The maximum Gasteiger partial charge on any atom is 0.410 e. The molecule has 1 heterocycles. The van der Waals surface area contributed by atoms with Crippen molar-refractivity contribution >= 4 is 17.9 Å². The van der Waals surface area contributed by atoms with Crippen LogP contribution in [-0.2, 0) is 4.74 Å². The van der Waals surface area contributed by atoms with E-state index in [-0.39, 0.29) is 12.1 Å². The van der Waals surface area contributed by atoms with Crippen LogP contribution in [0.2, 0.25) is 0 Å². The number of carbonyl (C=O) groups is 1. The number of aliphatic hydroxyl groups is 1. The molecule has 5 nitrogen and oxygen atoms in total. The molecule has 1 aliphatic heterocycles. The van der Waals surface area contributed by atoms with Crippen molar-refractivity contribution in [1.82, 2.24) is 10.2 Å². The van der Waals surface area contributed by atoms with Gasteiger partial charge in [0.15, 0.2) is 0 Å². The summed E-state index contributed by atoms with van der Waals surface area (Å²) < 4.78 is 5.31. The quantitative estimate of drug-likeness (QED) is 0.748. The third-order valence-corrected chi connectivity index (χ3v) is 3.57. The van der Waals surface area contributed by atoms with E-state index >= 15 is 0 Å². The minimum Gasteiger partial charge on any atom is -0.444 e. The Hall–Kier alpha value is -0.460. The second-order valence-electron chi connectivity index (χ2n) is 5.86. The van der Waals surface area contributed by atoms with Gasteiger partial charge in [-0.15, -0.1) is 0 Å². The second-order valence-corrected chi connectivity index (χ2v) is 6.85. The molecular weight excluding hydrogens is 264 g/mol. The normalized spacial score (nSPS) is 23.7. The Morgan fingerprint density at radius 1 is 1.47 bits per heavy atom. The lowest BCUT2D eigenvalue weighted by Gasteiger charge is -2.24. The highest BCUT2D eigenvalue weighted by atomic mass is 32.2. The SMILES string of the molecule is CSCCCN[C@H]1CN(C(=O)OC(C)(C)C)C[C@@H]1O. The molecule has 19 heavy (non-hydrogen) atoms. The summed E-state index contributed by atoms with van der Waals surface area (Å²) in [4.78, 5) is 13.5. The molecule has 1 amide bonds. The molecule has 112 valence electrons. The lowest BCUT2D eigenvalue weighted by molar-refractivity contribution is 0.0270. The van der Waals surface area contributed by atoms with E-state index in [0.717, 1.165) is 18.7 Å². The number of nitrogens with one attached hydrogen (secondary N) is 1. The van der Waals surface area contributed by atoms with E-state index in [1.54, 1.807) is 4.90 Å². The fourth-order valence-electron chi connectivity index (χ4n) is 1.97. The van der Waals surface area contributed by atoms with Crippen LogP contribution in [0.25, 0.3) is 0 Å². The molecule has 0 saturated carbocycles. The third-order valence-electron chi connectivity index (χ3n) is 2.87. The number of likely N-dealkylation sites (tertiary alicyclic amines) is 1. The lowest BCUT2D eigenvalue weighted by Crippen LogP contribution is -2.40. The Morgan fingerprint density at radius 3 is 2.74 bits per heavy atom. The number of amides is 1. The van der Waals surface area contributed by atoms with Gasteiger partial charge in [-0.25, -0.2) is 4.79 Å². The van der Waals surface area contributed by atoms with Crippen LogP contribution in [0.3, 0.4) is 0 Å². The van der Waals surface area contributed by atoms with Gasteiger partial charge in [-0.1, -0.05) is 0 Å². The molecular formula is C13H26N2O3S. The van der Waals surface area contributed by atoms with Crippen molar-refractivity contribution in [3.8, 4) is 0 Å². The Morgan fingerprint density at radius 2 is 2.16 bits per heavy atom. The first-order chi connectivity index (χ1) is 8.83. The molecule has 0 spiro atoms. The number of nitrogens with zero attached hydrogens (tertiary/aromatic N) is 1. The molecule has 1 aliphatic rings. The fraction of sp³-hybridized carbons (Fsp3) is 0.923. The summed E-state index contributed by atoms with van der Waals surface area (Å²) in [5.41, 5.74) is -0.494. The number of β-amino-alcohol motifs (C(OH)–C–C–N with tert-alkyl or cyclic N) is 1. The van der Waals surface area contributed by atoms with Crippen LogP contribution in [0.15, 0.2) is 0 Å². The Bertz CT molecular complexity index is 294. The van der Waals surface area contributed by atoms with Gasteiger partial charge in [0.25, 0.3) is 0 Å². The zero-order chi connectivity index (χ0) is 14.5. The van der Waals surface area contributed by atoms with Gasteiger partial charge in [-0.3, -0.25) is 0 Å². The number of aliphatic hydroxyl groups excluding tert-OH is 1. The summed E-state index contributed by atoms with van der Waals surface area (Å²) in [5.74, 6) is 1.10. The zero-order valence-corrected chi connectivity index (χ0v) is 13.1. The predicted octanol–water partition coefficient (Wildman–Crippen LogP) is 1.31. The van der Waals surface area contributed by atoms with Crippen molar-refractivity contribution < 1.29 is 14.6 Å². The maximum atomic E-state index is 11.9. The third kappa shape index (κ3) is 6.01. The molecule has 1 rings (SSSR count). The van der Waals surface area contributed by atoms with Crippen LogP contribution in [0.5, 0.6) is 0 Å². The first-order valence-corrected chi connectivity index (χ1v) is 8.11. The zero-order valence-electron chi connectivity index (χ0n) is 12.3. The van der Waals surface area contributed by atoms with Gasteiger partial charge >= 0.3 is 6.09 Å². The first-order valence-electron chi connectivity index (χ1n) is 6.72. The largest absolute Gasteiger partial charge is 0.444 e. The maximum absolute atomic E-state index is 11.9. The number of hydrogen-bond donors (Lipinski definition) is 2. The van der Waals surface area contributed by atoms with E-state index < -0.39 is 11.7 Å². The summed E-state index contributed by atoms with van der Waals surface area (Å²) >= 11 is 1.81. The number of ether oxygens (including phenoxy) is 1. The van der Waals surface area contributed by atoms with Crippen LogP contribution in [-0.4, -0.2) is 65.5 Å². The van der Waals surface area contributed by atoms with E-state index in [2.05, 4.69) is 11.6 Å². The Balaban J connectivity index is 2.35. The second kappa shape index (κ2) is 7.36. The van der Waals surface area contributed by atoms with Gasteiger partial charge in [0.1, 0.15) is 5.60 Å². The smallest absolute Gasteiger partial charge is 0.410 e. The molecule has 2 N–H and O–H groups in total. The van der Waals surface area contributed by atoms with Crippen LogP contribution in [0.1, 0.15) is 27.2 Å². The molecule has 0 aromatic rings. The summed E-state index contributed by atoms with van der Waals surface area (Å²) in [7, 11) is 0. The first kappa shape index (κ1) is 16.6. The molecule has 1 saturated heterocycles. The van der Waals surface area contributed by atoms with E-state index in [0.29, 0.717) is 13.1 Å². The highest BCUT2D eigenvalue weighted by Crippen LogP contribution is 2.15. The van der Waals surface area contributed by atoms with Gasteiger partial charge in [0.2, 0.25) is 0 Å². The van der Waals surface area contributed by atoms with E-state index in [4.69, 9.17) is 4.74 Å². The fourth-order valence-corrected chi connectivity index (χ4v) is 2.40. The number of hydrogen-bond acceptors (Lipinski definition) is 5. The van der Waals surface area contributed by atoms with Gasteiger partial charge in [0.05, 0.1) is 18.7 Å². The molecule has 1 fully saturated rings. The predicted molar refractivity (Wildman–Crippen MR) is 78.6 cm³/mol. The van der Waals surface area contributed by atoms with Gasteiger partial charge in [-0.2, -0.15) is 11.8 Å². The van der Waals surface area contributed by atoms with E-state index in [9.17, 15) is 9.90 Å². The molecule has 2 atom stereocenters. The van der Waals surface area contributed by atoms with Crippen molar-refractivity contribution in [2.24, 2.45) is 0 Å². The molecule has 0 unspecified atom stereocenters. The van der Waals surface area contributed by atoms with Crippen molar-refractivity contribution in [1.29, 1.82) is 0 Å². The van der Waals surface area contributed by atoms with Crippen LogP contribution < -0.4 is 5.32 Å². The molecule has 0 aromatic carbocycles. The Kier molecular flexibility index (Phi) is 6.42. The van der Waals surface area contributed by atoms with Crippen molar-refractivity contribution in [3.63, 3.8) is 0 Å². The van der Waals surface area contributed by atoms with Crippen LogP contribution in [0.4, 0.5) is 4.79 Å². The standard InChI is InChI=1S/C13H26N2O3S/c1-13(2,3)18-12(17)15-8-10(11(16)9-15)14-6-5-7-19-4/h10-11,14,16H,5-9H2,1-4H3/t10-,11-/m0/s1. The van der Waals surface area contributed by atoms with Crippen LogP contribution in [0, 0.1) is 0 Å². The average molecular weight is 290 g/mol. The van der Waals surface area contributed by atoms with Crippen molar-refractivity contribution in [2.45, 2.75) is 44.9 Å². The van der Waals surface area contributed by atoms with E-state index in [1.807, 2.05) is 32.5 Å². The topological polar surface area (TPSA) is 61.8 Å². The van der Waals surface area contributed by atoms with Gasteiger partial charge in [0, 0.05) is 6.54 Å². The highest BCUT2D eigenvalue weighted by molar-refractivity contribution is 7.98. The summed E-state index contributed by atoms with van der Waals surface area (Å²) in [6.45, 7) is 7.25.